The van der Waals surface area contributed by atoms with Crippen molar-refractivity contribution in [1.29, 1.82) is 5.26 Å². The molecule has 2 amide bonds. The summed E-state index contributed by atoms with van der Waals surface area (Å²) in [5.41, 5.74) is 13.9. The number of rotatable bonds is 18. The molecule has 1 aromatic heterocycles. The van der Waals surface area contributed by atoms with E-state index < -0.39 is 39.9 Å². The van der Waals surface area contributed by atoms with Gasteiger partial charge in [-0.2, -0.15) is 10.5 Å². The first-order valence-corrected chi connectivity index (χ1v) is 32.9. The maximum atomic E-state index is 13.4. The van der Waals surface area contributed by atoms with Crippen molar-refractivity contribution in [2.75, 3.05) is 13.2 Å². The predicted octanol–water partition coefficient (Wildman–Crippen LogP) is 10.7. The van der Waals surface area contributed by atoms with E-state index in [1.54, 1.807) is 6.07 Å². The number of amides is 2. The summed E-state index contributed by atoms with van der Waals surface area (Å²) < 4.78 is 37.0. The summed E-state index contributed by atoms with van der Waals surface area (Å²) in [5, 5.41) is 30.7. The summed E-state index contributed by atoms with van der Waals surface area (Å²) in [7, 11) is -1.45. The second-order valence-corrected chi connectivity index (χ2v) is 28.0. The van der Waals surface area contributed by atoms with Gasteiger partial charge in [0.2, 0.25) is 5.82 Å². The van der Waals surface area contributed by atoms with Gasteiger partial charge in [-0.3, -0.25) is 9.59 Å². The third kappa shape index (κ3) is 16.0. The Labute approximate surface area is 444 Å². The summed E-state index contributed by atoms with van der Waals surface area (Å²) in [6.07, 6.45) is 13.3. The molecule has 4 aliphatic rings. The Bertz CT molecular complexity index is 2700. The molecule has 19 heteroatoms. The largest absolute Gasteiger partial charge is 0.489 e. The number of unbranched alkanes of at least 4 members (excludes halogenated alkanes) is 2. The predicted molar refractivity (Wildman–Crippen MR) is 286 cm³/mol. The molecular formula is C55H72N10O7SiSn. The van der Waals surface area contributed by atoms with Gasteiger partial charge in [-0.05, 0) is 108 Å². The normalized spacial score (nSPS) is 15.6. The van der Waals surface area contributed by atoms with Gasteiger partial charge in [-0.25, -0.2) is 0 Å². The van der Waals surface area contributed by atoms with Gasteiger partial charge in [-0.1, -0.05) is 97.7 Å². The fourth-order valence-corrected chi connectivity index (χ4v) is 11.0. The van der Waals surface area contributed by atoms with Crippen LogP contribution >= 0.6 is 0 Å². The van der Waals surface area contributed by atoms with E-state index in [2.05, 4.69) is 73.0 Å². The fourth-order valence-electron chi connectivity index (χ4n) is 8.72. The van der Waals surface area contributed by atoms with Gasteiger partial charge >= 0.3 is 82.5 Å². The van der Waals surface area contributed by atoms with Crippen LogP contribution in [0.2, 0.25) is 19.6 Å². The average Bonchev–Trinajstić information content (AvgIpc) is 4.11. The van der Waals surface area contributed by atoms with E-state index in [9.17, 15) is 17.9 Å². The number of aryl methyl sites for hydroxylation is 2. The molecule has 392 valence electrons. The first-order valence-electron chi connectivity index (χ1n) is 25.9. The van der Waals surface area contributed by atoms with Crippen LogP contribution < -0.4 is 20.1 Å². The van der Waals surface area contributed by atoms with Crippen LogP contribution in [0.1, 0.15) is 138 Å². The topological polar surface area (TPSA) is 239 Å². The molecule has 74 heavy (non-hydrogen) atoms. The molecule has 2 saturated carbocycles. The summed E-state index contributed by atoms with van der Waals surface area (Å²) in [6.45, 7) is 15.3. The number of nitrogens with zero attached hydrogens (tertiary/aromatic N) is 7. The zero-order valence-corrected chi connectivity index (χ0v) is 47.9. The van der Waals surface area contributed by atoms with Gasteiger partial charge in [0.05, 0.1) is 29.4 Å². The Morgan fingerprint density at radius 2 is 1.22 bits per heavy atom. The van der Waals surface area contributed by atoms with Crippen LogP contribution in [0.5, 0.6) is 11.5 Å². The maximum Gasteiger partial charge on any atom is 0.256 e. The molecule has 0 aliphatic heterocycles. The third-order valence-electron chi connectivity index (χ3n) is 13.3. The van der Waals surface area contributed by atoms with Gasteiger partial charge in [0.1, 0.15) is 30.8 Å². The van der Waals surface area contributed by atoms with Crippen molar-refractivity contribution in [3.8, 4) is 17.6 Å². The number of tetrazole rings is 1. The Hall–Kier alpha value is -5.97. The van der Waals surface area contributed by atoms with Crippen LogP contribution in [0.3, 0.4) is 0 Å². The van der Waals surface area contributed by atoms with Crippen molar-refractivity contribution in [2.45, 2.75) is 161 Å². The zero-order chi connectivity index (χ0) is 53.1. The van der Waals surface area contributed by atoms with Crippen molar-refractivity contribution in [1.82, 2.24) is 31.3 Å². The number of H-pyrrole nitrogens is 1. The second-order valence-electron chi connectivity index (χ2n) is 20.4. The van der Waals surface area contributed by atoms with Gasteiger partial charge in [0.15, 0.2) is 0 Å². The molecule has 9 rings (SSSR count). The number of nitriles is 1. The monoisotopic (exact) mass is 1130 g/mol. The Balaban J connectivity index is 0.000000181. The summed E-state index contributed by atoms with van der Waals surface area (Å²) in [5.74, 6) is 1.40. The number of aromatic nitrogens is 4. The van der Waals surface area contributed by atoms with E-state index in [1.165, 1.54) is 24.0 Å². The first-order chi connectivity index (χ1) is 35.6. The third-order valence-corrected chi connectivity index (χ3v) is 16.5. The van der Waals surface area contributed by atoms with Crippen LogP contribution in [0.15, 0.2) is 89.7 Å². The zero-order valence-electron chi connectivity index (χ0n) is 44.0. The molecule has 0 spiro atoms. The summed E-state index contributed by atoms with van der Waals surface area (Å²) >= 11 is -3.03. The van der Waals surface area contributed by atoms with Gasteiger partial charge in [-0.15, -0.1) is 15.0 Å². The summed E-state index contributed by atoms with van der Waals surface area (Å²) in [6, 6.07) is 29.8. The maximum absolute atomic E-state index is 13.4. The van der Waals surface area contributed by atoms with Crippen molar-refractivity contribution in [2.24, 2.45) is 4.78 Å². The van der Waals surface area contributed by atoms with Gasteiger partial charge in [0, 0.05) is 25.7 Å². The molecule has 0 atom stereocenters. The van der Waals surface area contributed by atoms with Gasteiger partial charge in [0.25, 0.3) is 11.8 Å². The molecule has 4 aromatic carbocycles. The number of ether oxygens (including phenoxy) is 2. The molecule has 3 N–H and O–H groups in total. The number of carbonyl (C=O) groups is 2. The van der Waals surface area contributed by atoms with Crippen molar-refractivity contribution in [3.05, 3.63) is 146 Å². The van der Waals surface area contributed by atoms with Crippen molar-refractivity contribution in [3.63, 3.8) is 0 Å². The molecule has 0 unspecified atom stereocenters. The smallest absolute Gasteiger partial charge is 0.256 e. The van der Waals surface area contributed by atoms with Crippen LogP contribution in [0.25, 0.3) is 10.4 Å². The number of azide groups is 1. The molecule has 5 aromatic rings. The van der Waals surface area contributed by atoms with E-state index in [-0.39, 0.29) is 24.0 Å². The molecule has 0 bridgehead atoms. The fraction of sp³-hybridized carbons (Fsp3) is 0.491. The Morgan fingerprint density at radius 1 is 0.757 bits per heavy atom. The molecule has 0 saturated heterocycles. The van der Waals surface area contributed by atoms with Crippen molar-refractivity contribution >= 4 is 40.6 Å². The number of fused-ring (bicyclic) bond motifs is 2. The number of aromatic amines is 1. The average molecular weight is 1130 g/mol. The molecule has 2 fully saturated rings. The van der Waals surface area contributed by atoms with Gasteiger partial charge < -0.3 is 20.1 Å². The van der Waals surface area contributed by atoms with E-state index in [0.717, 1.165) is 73.6 Å². The number of carbonyl (C=O) groups excluding carboxylic acids is 2. The Morgan fingerprint density at radius 3 is 1.58 bits per heavy atom. The van der Waals surface area contributed by atoms with Crippen LogP contribution in [0.4, 0.5) is 0 Å². The SMILES string of the molecule is CCCC[O][Sn](=[O])[O]CCCC.C[Si](C)(C)N=[N+]=[N-].Cc1cccc(C(=O)NC2(C#N)Cc3ccccc3C2)c1OC1CCC1.Cc1cccc(C(=O)NC2(c3nn[nH]n3)Cc3ccccc3C2)c1OC1CCC1. The minimum atomic E-state index is -3.03. The molecule has 0 radical (unpaired) electrons. The second kappa shape index (κ2) is 27.5. The minimum absolute atomic E-state index is 0.180. The quantitative estimate of drug-likeness (QED) is 0.0245. The number of benzene rings is 4. The molecule has 1 heterocycles. The molecular weight excluding hydrogens is 1060 g/mol. The van der Waals surface area contributed by atoms with E-state index in [1.807, 2.05) is 100 Å². The standard InChI is InChI=1S/C22H23N5O2.C22H22N2O2.2C4H9O.C3H9N3Si.O.Sn/c1-14-6-4-11-18(19(14)29-17-9-5-10-17)20(28)23-22(21-24-26-27-25-21)12-15-7-2-3-8-16(15)13-22;1-15-6-4-11-19(20(15)26-18-9-5-10-18)21(25)24-22(14-23)12-16-7-2-3-8-17(16)13-22;2*1-2-3-4-5;1-7(2,3)6-5-4;;/h2-4,6-8,11,17H,5,9-10,12-13H2,1H3,(H,23,28)(H,24,25,26,27);2-4,6-8,11,18H,5,9-10,12-13H2,1H3,(H,24,25);2*2-4H2,1H3;1-3H3;;/q;;2*-1;;;+2. The molecule has 17 nitrogen and oxygen atoms in total. The van der Waals surface area contributed by atoms with E-state index >= 15 is 0 Å². The van der Waals surface area contributed by atoms with Crippen LogP contribution in [-0.4, -0.2) is 92.2 Å². The number of hydrogen-bond donors (Lipinski definition) is 3. The Kier molecular flexibility index (Phi) is 21.3. The van der Waals surface area contributed by atoms with Crippen LogP contribution in [0, 0.1) is 25.2 Å². The number of nitrogens with one attached hydrogen (secondary N) is 3. The van der Waals surface area contributed by atoms with E-state index in [0.29, 0.717) is 67.3 Å². The number of hydrogen-bond acceptors (Lipinski definition) is 12. The van der Waals surface area contributed by atoms with Crippen LogP contribution in [-0.2, 0) is 40.4 Å². The van der Waals surface area contributed by atoms with Crippen molar-refractivity contribution < 1.29 is 28.3 Å². The van der Waals surface area contributed by atoms with E-state index in [4.69, 9.17) is 21.2 Å². The first kappa shape index (κ1) is 57.3. The molecule has 4 aliphatic carbocycles. The minimum Gasteiger partial charge on any atom is -0.489 e. The number of para-hydroxylation sites is 2. The summed E-state index contributed by atoms with van der Waals surface area (Å²) in [4.78, 5) is 29.2.